The first-order valence-corrected chi connectivity index (χ1v) is 6.15. The molecule has 0 N–H and O–H groups in total. The summed E-state index contributed by atoms with van der Waals surface area (Å²) in [5, 5.41) is 0. The molecule has 0 aromatic carbocycles. The fourth-order valence-electron chi connectivity index (χ4n) is 0. The van der Waals surface area contributed by atoms with Crippen LogP contribution in [-0.2, 0) is 0 Å². The zero-order chi connectivity index (χ0) is 3.58. The molecule has 4 heavy (non-hydrogen) atoms. The minimum absolute atomic E-state index is 2.74. The Balaban J connectivity index is 2.32. The van der Waals surface area contributed by atoms with E-state index in [9.17, 15) is 3.47 Å². The summed E-state index contributed by atoms with van der Waals surface area (Å²) in [6, 6.07) is 0. The molecule has 0 aliphatic rings. The summed E-state index contributed by atoms with van der Waals surface area (Å²) in [7, 11) is 9.04. The standard InChI is InChI=1S/AsCl2F/c2-1(3)4. The second-order valence-electron chi connectivity index (χ2n) is 0.192. The van der Waals surface area contributed by atoms with Crippen LogP contribution in [0.4, 0.5) is 3.47 Å². The number of rotatable bonds is 0. The minimum atomic E-state index is -2.74. The topological polar surface area (TPSA) is 0 Å². The number of halogens is 3. The quantitative estimate of drug-likeness (QED) is 0.476. The molecule has 0 aliphatic heterocycles. The van der Waals surface area contributed by atoms with Gasteiger partial charge in [0.2, 0.25) is 0 Å². The van der Waals surface area contributed by atoms with E-state index < -0.39 is 13.2 Å². The molecule has 0 aliphatic carbocycles. The van der Waals surface area contributed by atoms with Crippen molar-refractivity contribution in [2.75, 3.05) is 0 Å². The monoisotopic (exact) mass is 164 g/mol. The van der Waals surface area contributed by atoms with E-state index in [0.717, 1.165) is 0 Å². The van der Waals surface area contributed by atoms with E-state index in [1.165, 1.54) is 0 Å². The van der Waals surface area contributed by atoms with Crippen LogP contribution < -0.4 is 0 Å². The van der Waals surface area contributed by atoms with E-state index in [1.54, 1.807) is 0 Å². The molecular formula is AsCl2F. The second kappa shape index (κ2) is 2.31. The molecule has 0 saturated heterocycles. The summed E-state index contributed by atoms with van der Waals surface area (Å²) in [5.41, 5.74) is 0. The van der Waals surface area contributed by atoms with Crippen LogP contribution in [0, 0.1) is 0 Å². The summed E-state index contributed by atoms with van der Waals surface area (Å²) in [4.78, 5) is 0. The molecule has 26 valence electrons. The van der Waals surface area contributed by atoms with E-state index >= 15 is 0 Å². The first-order chi connectivity index (χ1) is 1.73. The molecule has 0 saturated carbocycles. The van der Waals surface area contributed by atoms with Gasteiger partial charge in [-0.2, -0.15) is 0 Å². The van der Waals surface area contributed by atoms with Crippen molar-refractivity contribution in [2.24, 2.45) is 0 Å². The van der Waals surface area contributed by atoms with Gasteiger partial charge in [0.1, 0.15) is 0 Å². The molecular weight excluding hydrogens is 165 g/mol. The fraction of sp³-hybridized carbons (Fsp3) is 0. The van der Waals surface area contributed by atoms with Crippen LogP contribution in [0.25, 0.3) is 0 Å². The SMILES string of the molecule is F[As](Cl)Cl. The van der Waals surface area contributed by atoms with Crippen molar-refractivity contribution in [3.63, 3.8) is 0 Å². The molecule has 0 spiro atoms. The number of hydrogen-bond acceptors (Lipinski definition) is 0. The Morgan fingerprint density at radius 1 is 1.50 bits per heavy atom. The van der Waals surface area contributed by atoms with Crippen LogP contribution in [0.1, 0.15) is 0 Å². The van der Waals surface area contributed by atoms with Crippen molar-refractivity contribution in [1.82, 2.24) is 0 Å². The third kappa shape index (κ3) is 11.5. The van der Waals surface area contributed by atoms with Crippen molar-refractivity contribution in [3.8, 4) is 0 Å². The predicted molar refractivity (Wildman–Crippen MR) is 18.6 cm³/mol. The molecule has 0 fully saturated rings. The van der Waals surface area contributed by atoms with E-state index in [1.807, 2.05) is 0 Å². The van der Waals surface area contributed by atoms with Gasteiger partial charge < -0.3 is 0 Å². The third-order valence-electron chi connectivity index (χ3n) is 0. The van der Waals surface area contributed by atoms with Gasteiger partial charge in [0.25, 0.3) is 0 Å². The van der Waals surface area contributed by atoms with Crippen LogP contribution in [0.5, 0.6) is 0 Å². The maximum absolute atomic E-state index is 10.7. The molecule has 0 atom stereocenters. The Morgan fingerprint density at radius 3 is 1.50 bits per heavy atom. The molecule has 0 aromatic rings. The molecule has 0 heterocycles. The maximum atomic E-state index is 10.7. The Bertz CT molecular complexity index is 10.8. The van der Waals surface area contributed by atoms with Crippen LogP contribution in [0.2, 0.25) is 0 Å². The zero-order valence-electron chi connectivity index (χ0n) is 1.58. The van der Waals surface area contributed by atoms with Crippen molar-refractivity contribution in [3.05, 3.63) is 0 Å². The second-order valence-corrected chi connectivity index (χ2v) is 4.98. The first-order valence-electron chi connectivity index (χ1n) is 0.507. The van der Waals surface area contributed by atoms with Crippen LogP contribution >= 0.6 is 19.9 Å². The molecule has 0 nitrogen and oxygen atoms in total. The van der Waals surface area contributed by atoms with Gasteiger partial charge in [-0.1, -0.05) is 0 Å². The average Bonchev–Trinajstić information content (AvgIpc) is 0.811. The van der Waals surface area contributed by atoms with Gasteiger partial charge in [-0.05, 0) is 0 Å². The summed E-state index contributed by atoms with van der Waals surface area (Å²) < 4.78 is 10.7. The Hall–Kier alpha value is 1.07. The first kappa shape index (κ1) is 5.07. The van der Waals surface area contributed by atoms with Gasteiger partial charge in [-0.3, -0.25) is 0 Å². The molecule has 4 heteroatoms. The van der Waals surface area contributed by atoms with Crippen molar-refractivity contribution < 1.29 is 3.47 Å². The van der Waals surface area contributed by atoms with Crippen molar-refractivity contribution in [1.29, 1.82) is 0 Å². The average molecular weight is 165 g/mol. The Morgan fingerprint density at radius 2 is 1.50 bits per heavy atom. The third-order valence-corrected chi connectivity index (χ3v) is 0. The summed E-state index contributed by atoms with van der Waals surface area (Å²) in [6.45, 7) is 0. The van der Waals surface area contributed by atoms with Gasteiger partial charge in [0, 0.05) is 0 Å². The predicted octanol–water partition coefficient (Wildman–Crippen LogP) is 1.42. The van der Waals surface area contributed by atoms with Gasteiger partial charge in [-0.15, -0.1) is 0 Å². The summed E-state index contributed by atoms with van der Waals surface area (Å²) in [6.07, 6.45) is 0. The van der Waals surface area contributed by atoms with E-state index in [2.05, 4.69) is 19.9 Å². The fourth-order valence-corrected chi connectivity index (χ4v) is 0. The normalized spacial score (nSPS) is 9.00. The van der Waals surface area contributed by atoms with Crippen molar-refractivity contribution >= 4 is 33.1 Å². The summed E-state index contributed by atoms with van der Waals surface area (Å²) in [5.74, 6) is 0. The molecule has 0 bridgehead atoms. The van der Waals surface area contributed by atoms with Crippen LogP contribution in [0.3, 0.4) is 0 Å². The van der Waals surface area contributed by atoms with Crippen molar-refractivity contribution in [2.45, 2.75) is 0 Å². The van der Waals surface area contributed by atoms with E-state index in [4.69, 9.17) is 0 Å². The van der Waals surface area contributed by atoms with Gasteiger partial charge in [-0.25, -0.2) is 0 Å². The molecule has 0 unspecified atom stereocenters. The summed E-state index contributed by atoms with van der Waals surface area (Å²) >= 11 is -2.74. The number of hydrogen-bond donors (Lipinski definition) is 0. The van der Waals surface area contributed by atoms with Gasteiger partial charge >= 0.3 is 36.6 Å². The molecule has 0 radical (unpaired) electrons. The van der Waals surface area contributed by atoms with Crippen LogP contribution in [-0.4, -0.2) is 13.2 Å². The molecule has 0 rings (SSSR count). The van der Waals surface area contributed by atoms with Gasteiger partial charge in [0.05, 0.1) is 0 Å². The van der Waals surface area contributed by atoms with E-state index in [0.29, 0.717) is 0 Å². The van der Waals surface area contributed by atoms with E-state index in [-0.39, 0.29) is 0 Å². The molecule has 0 aromatic heterocycles. The van der Waals surface area contributed by atoms with Gasteiger partial charge in [0.15, 0.2) is 0 Å². The van der Waals surface area contributed by atoms with Crippen LogP contribution in [0.15, 0.2) is 0 Å². The molecule has 0 amide bonds. The Kier molecular flexibility index (Phi) is 2.93. The zero-order valence-corrected chi connectivity index (χ0v) is 4.97. The Labute approximate surface area is 37.0 Å².